The summed E-state index contributed by atoms with van der Waals surface area (Å²) >= 11 is 0. The predicted octanol–water partition coefficient (Wildman–Crippen LogP) is 1.78. The van der Waals surface area contributed by atoms with Crippen LogP contribution in [0.25, 0.3) is 0 Å². The van der Waals surface area contributed by atoms with Crippen LogP contribution >= 0.6 is 0 Å². The summed E-state index contributed by atoms with van der Waals surface area (Å²) < 4.78 is 41.0. The van der Waals surface area contributed by atoms with Crippen molar-refractivity contribution in [2.45, 2.75) is 12.7 Å². The third-order valence-electron chi connectivity index (χ3n) is 2.02. The average molecular weight is 246 g/mol. The number of halogens is 1. The van der Waals surface area contributed by atoms with Crippen LogP contribution < -0.4 is 0 Å². The molecule has 16 heavy (non-hydrogen) atoms. The van der Waals surface area contributed by atoms with Gasteiger partial charge in [0.25, 0.3) is 0 Å². The fraction of sp³-hybridized carbons (Fsp3) is 0.455. The SMILES string of the molecule is CCOCCS(=O)(=O)Cc1cccc(F)c1. The molecule has 0 saturated heterocycles. The highest BCUT2D eigenvalue weighted by molar-refractivity contribution is 7.90. The van der Waals surface area contributed by atoms with Crippen molar-refractivity contribution < 1.29 is 17.5 Å². The van der Waals surface area contributed by atoms with Crippen LogP contribution in [0.2, 0.25) is 0 Å². The molecule has 0 aliphatic rings. The van der Waals surface area contributed by atoms with Gasteiger partial charge in [0.2, 0.25) is 0 Å². The van der Waals surface area contributed by atoms with Gasteiger partial charge in [-0.15, -0.1) is 0 Å². The summed E-state index contributed by atoms with van der Waals surface area (Å²) in [5.41, 5.74) is 0.469. The first-order valence-corrected chi connectivity index (χ1v) is 6.88. The lowest BCUT2D eigenvalue weighted by Crippen LogP contribution is -2.14. The zero-order valence-electron chi connectivity index (χ0n) is 9.15. The third-order valence-corrected chi connectivity index (χ3v) is 3.58. The molecule has 1 aromatic carbocycles. The molecule has 0 radical (unpaired) electrons. The smallest absolute Gasteiger partial charge is 0.156 e. The molecule has 0 fully saturated rings. The minimum absolute atomic E-state index is 0.0304. The molecule has 0 saturated carbocycles. The Hall–Kier alpha value is -0.940. The molecule has 5 heteroatoms. The summed E-state index contributed by atoms with van der Waals surface area (Å²) in [5.74, 6) is -0.590. The molecule has 3 nitrogen and oxygen atoms in total. The van der Waals surface area contributed by atoms with Gasteiger partial charge in [0, 0.05) is 6.61 Å². The molecule has 1 aromatic rings. The van der Waals surface area contributed by atoms with Crippen LogP contribution in [0, 0.1) is 5.82 Å². The van der Waals surface area contributed by atoms with Crippen LogP contribution in [-0.4, -0.2) is 27.4 Å². The van der Waals surface area contributed by atoms with Crippen molar-refractivity contribution in [2.24, 2.45) is 0 Å². The molecule has 0 aromatic heterocycles. The molecule has 0 amide bonds. The third kappa shape index (κ3) is 4.72. The summed E-state index contributed by atoms with van der Waals surface area (Å²) in [6.07, 6.45) is 0. The topological polar surface area (TPSA) is 43.4 Å². The normalized spacial score (nSPS) is 11.6. The largest absolute Gasteiger partial charge is 0.381 e. The maximum absolute atomic E-state index is 12.8. The Bertz CT molecular complexity index is 429. The van der Waals surface area contributed by atoms with E-state index in [0.717, 1.165) is 0 Å². The summed E-state index contributed by atoms with van der Waals surface area (Å²) in [7, 11) is -3.22. The number of hydrogen-bond acceptors (Lipinski definition) is 3. The van der Waals surface area contributed by atoms with Gasteiger partial charge in [0.1, 0.15) is 5.82 Å². The quantitative estimate of drug-likeness (QED) is 0.719. The highest BCUT2D eigenvalue weighted by Gasteiger charge is 2.12. The molecule has 0 spiro atoms. The van der Waals surface area contributed by atoms with E-state index in [2.05, 4.69) is 0 Å². The first kappa shape index (κ1) is 13.1. The maximum Gasteiger partial charge on any atom is 0.156 e. The Morgan fingerprint density at radius 1 is 1.38 bits per heavy atom. The van der Waals surface area contributed by atoms with Gasteiger partial charge in [-0.1, -0.05) is 12.1 Å². The van der Waals surface area contributed by atoms with E-state index in [-0.39, 0.29) is 18.1 Å². The van der Waals surface area contributed by atoms with E-state index in [1.54, 1.807) is 13.0 Å². The van der Waals surface area contributed by atoms with Crippen molar-refractivity contribution >= 4 is 9.84 Å². The van der Waals surface area contributed by atoms with Gasteiger partial charge in [0.15, 0.2) is 9.84 Å². The van der Waals surface area contributed by atoms with Gasteiger partial charge in [-0.3, -0.25) is 0 Å². The molecule has 0 bridgehead atoms. The van der Waals surface area contributed by atoms with E-state index >= 15 is 0 Å². The first-order valence-electron chi connectivity index (χ1n) is 5.06. The van der Waals surface area contributed by atoms with Gasteiger partial charge in [0.05, 0.1) is 18.1 Å². The van der Waals surface area contributed by atoms with E-state index in [1.165, 1.54) is 18.2 Å². The van der Waals surface area contributed by atoms with Gasteiger partial charge in [-0.2, -0.15) is 0 Å². The molecule has 0 N–H and O–H groups in total. The summed E-state index contributed by atoms with van der Waals surface area (Å²) in [6, 6.07) is 5.62. The van der Waals surface area contributed by atoms with Crippen molar-refractivity contribution in [1.82, 2.24) is 0 Å². The fourth-order valence-corrected chi connectivity index (χ4v) is 2.49. The van der Waals surface area contributed by atoms with Crippen LogP contribution in [-0.2, 0) is 20.3 Å². The lowest BCUT2D eigenvalue weighted by molar-refractivity contribution is 0.163. The Kier molecular flexibility index (Phi) is 4.89. The van der Waals surface area contributed by atoms with E-state index in [1.807, 2.05) is 0 Å². The minimum Gasteiger partial charge on any atom is -0.381 e. The second-order valence-electron chi connectivity index (χ2n) is 3.42. The predicted molar refractivity (Wildman–Crippen MR) is 60.4 cm³/mol. The summed E-state index contributed by atoms with van der Waals surface area (Å²) in [4.78, 5) is 0. The number of rotatable bonds is 6. The second kappa shape index (κ2) is 5.96. The van der Waals surface area contributed by atoms with Crippen LogP contribution in [0.4, 0.5) is 4.39 Å². The Morgan fingerprint density at radius 2 is 2.12 bits per heavy atom. The van der Waals surface area contributed by atoms with Crippen LogP contribution in [0.5, 0.6) is 0 Å². The number of hydrogen-bond donors (Lipinski definition) is 0. The molecule has 1 rings (SSSR count). The summed E-state index contributed by atoms with van der Waals surface area (Å²) in [5, 5.41) is 0. The molecule has 90 valence electrons. The van der Waals surface area contributed by atoms with Crippen molar-refractivity contribution in [3.63, 3.8) is 0 Å². The highest BCUT2D eigenvalue weighted by atomic mass is 32.2. The number of benzene rings is 1. The fourth-order valence-electron chi connectivity index (χ4n) is 1.28. The van der Waals surface area contributed by atoms with Crippen LogP contribution in [0.3, 0.4) is 0 Å². The van der Waals surface area contributed by atoms with E-state index in [9.17, 15) is 12.8 Å². The zero-order valence-corrected chi connectivity index (χ0v) is 9.97. The van der Waals surface area contributed by atoms with E-state index < -0.39 is 15.7 Å². The highest BCUT2D eigenvalue weighted by Crippen LogP contribution is 2.08. The average Bonchev–Trinajstić information content (AvgIpc) is 2.17. The van der Waals surface area contributed by atoms with Crippen LogP contribution in [0.1, 0.15) is 12.5 Å². The standard InChI is InChI=1S/C11H15FO3S/c1-2-15-6-7-16(13,14)9-10-4-3-5-11(12)8-10/h3-5,8H,2,6-7,9H2,1H3. The Labute approximate surface area is 95.2 Å². The molecule has 0 unspecified atom stereocenters. The molecular weight excluding hydrogens is 231 g/mol. The molecule has 0 heterocycles. The lowest BCUT2D eigenvalue weighted by atomic mass is 10.2. The van der Waals surface area contributed by atoms with E-state index in [4.69, 9.17) is 4.74 Å². The van der Waals surface area contributed by atoms with Crippen molar-refractivity contribution in [2.75, 3.05) is 19.0 Å². The summed E-state index contributed by atoms with van der Waals surface area (Å²) in [6.45, 7) is 2.49. The van der Waals surface area contributed by atoms with Gasteiger partial charge in [-0.05, 0) is 24.6 Å². The monoisotopic (exact) mass is 246 g/mol. The number of sulfone groups is 1. The molecule has 0 atom stereocenters. The Balaban J connectivity index is 2.59. The van der Waals surface area contributed by atoms with Gasteiger partial charge in [-0.25, -0.2) is 12.8 Å². The van der Waals surface area contributed by atoms with Gasteiger partial charge >= 0.3 is 0 Å². The van der Waals surface area contributed by atoms with Crippen molar-refractivity contribution in [3.05, 3.63) is 35.6 Å². The number of ether oxygens (including phenoxy) is 1. The first-order chi connectivity index (χ1) is 7.53. The zero-order chi connectivity index (χ0) is 12.0. The molecule has 0 aliphatic carbocycles. The second-order valence-corrected chi connectivity index (χ2v) is 5.60. The lowest BCUT2D eigenvalue weighted by Gasteiger charge is -2.04. The van der Waals surface area contributed by atoms with Crippen molar-refractivity contribution in [1.29, 1.82) is 0 Å². The van der Waals surface area contributed by atoms with Crippen LogP contribution in [0.15, 0.2) is 24.3 Å². The molecular formula is C11H15FO3S. The van der Waals surface area contributed by atoms with Gasteiger partial charge < -0.3 is 4.74 Å². The van der Waals surface area contributed by atoms with E-state index in [0.29, 0.717) is 12.2 Å². The molecule has 0 aliphatic heterocycles. The van der Waals surface area contributed by atoms with Crippen molar-refractivity contribution in [3.8, 4) is 0 Å². The Morgan fingerprint density at radius 3 is 2.75 bits per heavy atom. The maximum atomic E-state index is 12.8. The minimum atomic E-state index is -3.22.